The fourth-order valence-corrected chi connectivity index (χ4v) is 5.02. The fourth-order valence-electron chi connectivity index (χ4n) is 5.02. The van der Waals surface area contributed by atoms with Crippen molar-refractivity contribution in [1.82, 2.24) is 19.4 Å². The van der Waals surface area contributed by atoms with E-state index in [1.807, 2.05) is 41.3 Å². The summed E-state index contributed by atoms with van der Waals surface area (Å²) in [5, 5.41) is 1.02. The minimum atomic E-state index is -0.00286. The van der Waals surface area contributed by atoms with E-state index in [0.717, 1.165) is 33.7 Å². The molecule has 3 heterocycles. The van der Waals surface area contributed by atoms with Crippen LogP contribution in [0.1, 0.15) is 5.56 Å². The molecule has 0 aliphatic carbocycles. The standard InChI is InChI=1S/C31H29N5O2/c1-23-9-8-12-25(19-23)36-20-27(24-10-4-2-5-11-24)29-30(32-22-33-31(29)36)35-17-15-34(16-18-35)28(37)21-38-26-13-6-3-7-14-26/h2-14,19-20,22H,15-18,21H2,1H3. The summed E-state index contributed by atoms with van der Waals surface area (Å²) in [5.41, 5.74) is 5.33. The van der Waals surface area contributed by atoms with E-state index in [2.05, 4.69) is 71.1 Å². The Morgan fingerprint density at radius 1 is 0.868 bits per heavy atom. The van der Waals surface area contributed by atoms with E-state index in [1.165, 1.54) is 5.56 Å². The van der Waals surface area contributed by atoms with Crippen molar-refractivity contribution in [2.75, 3.05) is 37.7 Å². The summed E-state index contributed by atoms with van der Waals surface area (Å²) in [5.74, 6) is 1.60. The molecule has 7 heteroatoms. The number of para-hydroxylation sites is 1. The Morgan fingerprint density at radius 2 is 1.61 bits per heavy atom. The van der Waals surface area contributed by atoms with Gasteiger partial charge in [-0.2, -0.15) is 0 Å². The molecular formula is C31H29N5O2. The van der Waals surface area contributed by atoms with Crippen LogP contribution in [-0.2, 0) is 4.79 Å². The molecule has 1 aliphatic rings. The molecule has 0 unspecified atom stereocenters. The minimum absolute atomic E-state index is 0.00286. The third kappa shape index (κ3) is 4.70. The summed E-state index contributed by atoms with van der Waals surface area (Å²) >= 11 is 0. The van der Waals surface area contributed by atoms with Gasteiger partial charge in [0, 0.05) is 43.6 Å². The van der Waals surface area contributed by atoms with Crippen LogP contribution in [0.5, 0.6) is 5.75 Å². The number of carbonyl (C=O) groups excluding carboxylic acids is 1. The number of anilines is 1. The first kappa shape index (κ1) is 23.7. The van der Waals surface area contributed by atoms with Gasteiger partial charge in [-0.15, -0.1) is 0 Å². The smallest absolute Gasteiger partial charge is 0.260 e. The number of ether oxygens (including phenoxy) is 1. The maximum Gasteiger partial charge on any atom is 0.260 e. The molecule has 1 amide bonds. The Balaban J connectivity index is 1.29. The molecule has 0 atom stereocenters. The average molecular weight is 504 g/mol. The Bertz CT molecular complexity index is 1560. The van der Waals surface area contributed by atoms with Gasteiger partial charge in [0.1, 0.15) is 17.9 Å². The molecule has 0 N–H and O–H groups in total. The van der Waals surface area contributed by atoms with Gasteiger partial charge >= 0.3 is 0 Å². The van der Waals surface area contributed by atoms with Gasteiger partial charge in [-0.05, 0) is 42.3 Å². The second kappa shape index (κ2) is 10.4. The van der Waals surface area contributed by atoms with E-state index >= 15 is 0 Å². The molecule has 0 bridgehead atoms. The molecule has 1 aliphatic heterocycles. The van der Waals surface area contributed by atoms with Crippen molar-refractivity contribution in [1.29, 1.82) is 0 Å². The number of hydrogen-bond acceptors (Lipinski definition) is 5. The zero-order valence-electron chi connectivity index (χ0n) is 21.3. The average Bonchev–Trinajstić information content (AvgIpc) is 3.37. The second-order valence-corrected chi connectivity index (χ2v) is 9.48. The molecule has 2 aromatic heterocycles. The fraction of sp³-hybridized carbons (Fsp3) is 0.194. The zero-order valence-corrected chi connectivity index (χ0v) is 21.3. The third-order valence-electron chi connectivity index (χ3n) is 6.97. The van der Waals surface area contributed by atoms with Gasteiger partial charge in [0.2, 0.25) is 0 Å². The van der Waals surface area contributed by atoms with Crippen LogP contribution < -0.4 is 9.64 Å². The molecule has 7 nitrogen and oxygen atoms in total. The predicted octanol–water partition coefficient (Wildman–Crippen LogP) is 5.12. The molecule has 1 saturated heterocycles. The number of aromatic nitrogens is 3. The summed E-state index contributed by atoms with van der Waals surface area (Å²) in [6.07, 6.45) is 3.80. The number of benzene rings is 3. The van der Waals surface area contributed by atoms with Crippen molar-refractivity contribution in [3.8, 4) is 22.6 Å². The molecule has 0 spiro atoms. The van der Waals surface area contributed by atoms with Crippen molar-refractivity contribution in [3.05, 3.63) is 103 Å². The largest absolute Gasteiger partial charge is 0.484 e. The quantitative estimate of drug-likeness (QED) is 0.322. The van der Waals surface area contributed by atoms with Gasteiger partial charge in [0.25, 0.3) is 5.91 Å². The van der Waals surface area contributed by atoms with Crippen molar-refractivity contribution >= 4 is 22.8 Å². The number of piperazine rings is 1. The van der Waals surface area contributed by atoms with Crippen LogP contribution in [0.25, 0.3) is 27.8 Å². The van der Waals surface area contributed by atoms with Crippen LogP contribution in [0.2, 0.25) is 0 Å². The maximum absolute atomic E-state index is 12.8. The Morgan fingerprint density at radius 3 is 2.34 bits per heavy atom. The molecule has 5 aromatic rings. The molecule has 0 saturated carbocycles. The normalized spacial score (nSPS) is 13.6. The topological polar surface area (TPSA) is 63.5 Å². The number of aryl methyl sites for hydroxylation is 1. The Kier molecular flexibility index (Phi) is 6.48. The number of hydrogen-bond donors (Lipinski definition) is 0. The lowest BCUT2D eigenvalue weighted by atomic mass is 10.1. The van der Waals surface area contributed by atoms with Crippen LogP contribution in [0, 0.1) is 6.92 Å². The van der Waals surface area contributed by atoms with Crippen molar-refractivity contribution in [2.24, 2.45) is 0 Å². The zero-order chi connectivity index (χ0) is 25.9. The first-order chi connectivity index (χ1) is 18.7. The molecule has 3 aromatic carbocycles. The minimum Gasteiger partial charge on any atom is -0.484 e. The first-order valence-electron chi connectivity index (χ1n) is 12.9. The van der Waals surface area contributed by atoms with Crippen LogP contribution in [0.15, 0.2) is 97.5 Å². The molecule has 1 fully saturated rings. The predicted molar refractivity (Wildman–Crippen MR) is 150 cm³/mol. The van der Waals surface area contributed by atoms with E-state index in [-0.39, 0.29) is 12.5 Å². The van der Waals surface area contributed by atoms with Gasteiger partial charge in [0.05, 0.1) is 5.39 Å². The van der Waals surface area contributed by atoms with Crippen LogP contribution in [0.4, 0.5) is 5.82 Å². The van der Waals surface area contributed by atoms with Crippen LogP contribution in [0.3, 0.4) is 0 Å². The maximum atomic E-state index is 12.8. The number of fused-ring (bicyclic) bond motifs is 1. The van der Waals surface area contributed by atoms with E-state index in [9.17, 15) is 4.79 Å². The van der Waals surface area contributed by atoms with Gasteiger partial charge in [-0.1, -0.05) is 60.7 Å². The number of carbonyl (C=O) groups is 1. The number of rotatable bonds is 6. The molecule has 38 heavy (non-hydrogen) atoms. The lowest BCUT2D eigenvalue weighted by Crippen LogP contribution is -2.50. The SMILES string of the molecule is Cc1cccc(-n2cc(-c3ccccc3)c3c(N4CCN(C(=O)COc5ccccc5)CC4)ncnc32)c1. The van der Waals surface area contributed by atoms with Crippen LogP contribution in [-0.4, -0.2) is 58.1 Å². The Hall–Kier alpha value is -4.65. The molecule has 0 radical (unpaired) electrons. The summed E-state index contributed by atoms with van der Waals surface area (Å²) < 4.78 is 7.83. The summed E-state index contributed by atoms with van der Waals surface area (Å²) in [7, 11) is 0. The summed E-state index contributed by atoms with van der Waals surface area (Å²) in [4.78, 5) is 26.4. The van der Waals surface area contributed by atoms with Crippen molar-refractivity contribution in [3.63, 3.8) is 0 Å². The summed E-state index contributed by atoms with van der Waals surface area (Å²) in [6.45, 7) is 4.74. The second-order valence-electron chi connectivity index (χ2n) is 9.48. The van der Waals surface area contributed by atoms with Gasteiger partial charge < -0.3 is 19.1 Å². The van der Waals surface area contributed by atoms with Crippen LogP contribution >= 0.6 is 0 Å². The first-order valence-corrected chi connectivity index (χ1v) is 12.9. The number of nitrogens with zero attached hydrogens (tertiary/aromatic N) is 5. The van der Waals surface area contributed by atoms with E-state index in [4.69, 9.17) is 14.7 Å². The lowest BCUT2D eigenvalue weighted by Gasteiger charge is -2.35. The van der Waals surface area contributed by atoms with E-state index in [0.29, 0.717) is 31.9 Å². The van der Waals surface area contributed by atoms with Gasteiger partial charge in [0.15, 0.2) is 12.3 Å². The van der Waals surface area contributed by atoms with Crippen molar-refractivity contribution < 1.29 is 9.53 Å². The van der Waals surface area contributed by atoms with Gasteiger partial charge in [-0.25, -0.2) is 9.97 Å². The van der Waals surface area contributed by atoms with Gasteiger partial charge in [-0.3, -0.25) is 4.79 Å². The highest BCUT2D eigenvalue weighted by molar-refractivity contribution is 6.02. The number of amides is 1. The third-order valence-corrected chi connectivity index (χ3v) is 6.97. The highest BCUT2D eigenvalue weighted by atomic mass is 16.5. The molecule has 190 valence electrons. The highest BCUT2D eigenvalue weighted by Crippen LogP contribution is 2.37. The van der Waals surface area contributed by atoms with Crippen molar-refractivity contribution in [2.45, 2.75) is 6.92 Å². The monoisotopic (exact) mass is 503 g/mol. The Labute approximate surface area is 221 Å². The summed E-state index contributed by atoms with van der Waals surface area (Å²) in [6, 6.07) is 28.2. The van der Waals surface area contributed by atoms with E-state index < -0.39 is 0 Å². The molecule has 6 rings (SSSR count). The van der Waals surface area contributed by atoms with E-state index in [1.54, 1.807) is 6.33 Å². The highest BCUT2D eigenvalue weighted by Gasteiger charge is 2.26. The lowest BCUT2D eigenvalue weighted by molar-refractivity contribution is -0.133. The molecular weight excluding hydrogens is 474 g/mol.